The molecule has 1 aliphatic rings. The minimum Gasteiger partial charge on any atom is -0.431 e. The molecule has 1 N–H and O–H groups in total. The maximum atomic E-state index is 15.3. The Morgan fingerprint density at radius 2 is 1.70 bits per heavy atom. The largest absolute Gasteiger partial charge is 0.431 e. The van der Waals surface area contributed by atoms with Gasteiger partial charge in [0, 0.05) is 35.1 Å². The molecule has 3 heterocycles. The summed E-state index contributed by atoms with van der Waals surface area (Å²) >= 11 is 6.32. The molecule has 4 aromatic rings. The molecule has 0 bridgehead atoms. The Balaban J connectivity index is 1.69. The lowest BCUT2D eigenvalue weighted by Crippen LogP contribution is -2.25. The molecule has 2 aromatic carbocycles. The zero-order valence-corrected chi connectivity index (χ0v) is 20.8. The van der Waals surface area contributed by atoms with Crippen molar-refractivity contribution in [2.24, 2.45) is 0 Å². The SMILES string of the molecule is CN1Cc2c(Cl)cc(F)c(OC(F)F)c2Cn2c(nc3c(F)cc(-c4cnc(C(C)(C)O)nc4)cc32)C1. The number of imidazole rings is 1. The van der Waals surface area contributed by atoms with Crippen molar-refractivity contribution >= 4 is 22.6 Å². The first-order valence-electron chi connectivity index (χ1n) is 11.3. The van der Waals surface area contributed by atoms with Gasteiger partial charge < -0.3 is 14.4 Å². The van der Waals surface area contributed by atoms with Crippen LogP contribution >= 0.6 is 11.6 Å². The van der Waals surface area contributed by atoms with Gasteiger partial charge >= 0.3 is 6.61 Å². The van der Waals surface area contributed by atoms with E-state index in [9.17, 15) is 18.3 Å². The fourth-order valence-corrected chi connectivity index (χ4v) is 4.73. The van der Waals surface area contributed by atoms with E-state index in [1.807, 2.05) is 4.90 Å². The molecule has 0 amide bonds. The molecule has 0 atom stereocenters. The zero-order chi connectivity index (χ0) is 26.6. The van der Waals surface area contributed by atoms with Crippen LogP contribution in [0.5, 0.6) is 5.75 Å². The third-order valence-electron chi connectivity index (χ3n) is 6.18. The van der Waals surface area contributed by atoms with E-state index in [4.69, 9.17) is 11.6 Å². The van der Waals surface area contributed by atoms with Gasteiger partial charge in [-0.15, -0.1) is 0 Å². The number of halogens is 5. The summed E-state index contributed by atoms with van der Waals surface area (Å²) in [5.74, 6) is -1.57. The van der Waals surface area contributed by atoms with Crippen LogP contribution < -0.4 is 4.74 Å². The van der Waals surface area contributed by atoms with Crippen LogP contribution in [0.2, 0.25) is 5.02 Å². The Labute approximate surface area is 214 Å². The van der Waals surface area contributed by atoms with E-state index in [1.54, 1.807) is 31.5 Å². The van der Waals surface area contributed by atoms with Gasteiger partial charge in [0.25, 0.3) is 0 Å². The van der Waals surface area contributed by atoms with Gasteiger partial charge in [-0.25, -0.2) is 23.7 Å². The molecule has 5 rings (SSSR count). The normalized spacial score (nSPS) is 14.4. The summed E-state index contributed by atoms with van der Waals surface area (Å²) in [5.41, 5.74) is 0.672. The van der Waals surface area contributed by atoms with E-state index in [0.29, 0.717) is 34.6 Å². The molecule has 2 aromatic heterocycles. The second-order valence-corrected chi connectivity index (χ2v) is 9.88. The first-order chi connectivity index (χ1) is 17.4. The van der Waals surface area contributed by atoms with Crippen molar-refractivity contribution in [1.82, 2.24) is 24.4 Å². The molecule has 0 spiro atoms. The molecule has 37 heavy (non-hydrogen) atoms. The highest BCUT2D eigenvalue weighted by molar-refractivity contribution is 6.31. The maximum absolute atomic E-state index is 15.3. The van der Waals surface area contributed by atoms with Gasteiger partial charge in [-0.2, -0.15) is 8.78 Å². The smallest absolute Gasteiger partial charge is 0.387 e. The van der Waals surface area contributed by atoms with Crippen LogP contribution in [-0.4, -0.2) is 43.2 Å². The van der Waals surface area contributed by atoms with E-state index >= 15 is 4.39 Å². The average molecular weight is 536 g/mol. The van der Waals surface area contributed by atoms with Gasteiger partial charge in [0.1, 0.15) is 16.9 Å². The van der Waals surface area contributed by atoms with Crippen LogP contribution in [0.25, 0.3) is 22.2 Å². The van der Waals surface area contributed by atoms with Gasteiger partial charge in [0.05, 0.1) is 18.6 Å². The molecule has 0 saturated carbocycles. The molecular formula is C25H22ClF4N5O2. The molecule has 12 heteroatoms. The van der Waals surface area contributed by atoms with E-state index in [2.05, 4.69) is 19.7 Å². The van der Waals surface area contributed by atoms with E-state index in [0.717, 1.165) is 6.07 Å². The van der Waals surface area contributed by atoms with Gasteiger partial charge in [0.2, 0.25) is 0 Å². The van der Waals surface area contributed by atoms with Crippen molar-refractivity contribution in [3.05, 3.63) is 70.0 Å². The van der Waals surface area contributed by atoms with E-state index in [-0.39, 0.29) is 35.0 Å². The highest BCUT2D eigenvalue weighted by Gasteiger charge is 2.28. The summed E-state index contributed by atoms with van der Waals surface area (Å²) in [6.45, 7) is 0.242. The third kappa shape index (κ3) is 4.74. The summed E-state index contributed by atoms with van der Waals surface area (Å²) in [7, 11) is 1.76. The van der Waals surface area contributed by atoms with Gasteiger partial charge in [0.15, 0.2) is 23.2 Å². The number of rotatable bonds is 4. The van der Waals surface area contributed by atoms with Crippen molar-refractivity contribution in [2.75, 3.05) is 7.05 Å². The number of hydrogen-bond acceptors (Lipinski definition) is 6. The quantitative estimate of drug-likeness (QED) is 0.360. The van der Waals surface area contributed by atoms with Crippen molar-refractivity contribution in [2.45, 2.75) is 45.7 Å². The Morgan fingerprint density at radius 1 is 1.00 bits per heavy atom. The monoisotopic (exact) mass is 535 g/mol. The Hall–Kier alpha value is -3.28. The molecular weight excluding hydrogens is 514 g/mol. The van der Waals surface area contributed by atoms with Crippen molar-refractivity contribution in [3.8, 4) is 16.9 Å². The van der Waals surface area contributed by atoms with Crippen LogP contribution in [0, 0.1) is 11.6 Å². The van der Waals surface area contributed by atoms with Crippen LogP contribution in [0.15, 0.2) is 30.6 Å². The number of aromatic nitrogens is 4. The maximum Gasteiger partial charge on any atom is 0.387 e. The number of nitrogens with zero attached hydrogens (tertiary/aromatic N) is 5. The number of ether oxygens (including phenoxy) is 1. The lowest BCUT2D eigenvalue weighted by Gasteiger charge is -2.26. The van der Waals surface area contributed by atoms with Crippen LogP contribution in [-0.2, 0) is 25.2 Å². The number of hydrogen-bond donors (Lipinski definition) is 1. The van der Waals surface area contributed by atoms with Crippen molar-refractivity contribution in [1.29, 1.82) is 0 Å². The second-order valence-electron chi connectivity index (χ2n) is 9.47. The number of alkyl halides is 2. The Morgan fingerprint density at radius 3 is 2.35 bits per heavy atom. The van der Waals surface area contributed by atoms with E-state index < -0.39 is 29.6 Å². The minimum atomic E-state index is -3.25. The lowest BCUT2D eigenvalue weighted by atomic mass is 10.0. The zero-order valence-electron chi connectivity index (χ0n) is 20.1. The summed E-state index contributed by atoms with van der Waals surface area (Å²) < 4.78 is 62.6. The van der Waals surface area contributed by atoms with Crippen LogP contribution in [0.3, 0.4) is 0 Å². The number of aliphatic hydroxyl groups is 1. The first-order valence-corrected chi connectivity index (χ1v) is 11.7. The molecule has 7 nitrogen and oxygen atoms in total. The molecule has 0 saturated heterocycles. The Kier molecular flexibility index (Phi) is 6.33. The summed E-state index contributed by atoms with van der Waals surface area (Å²) in [5, 5.41) is 10.2. The lowest BCUT2D eigenvalue weighted by molar-refractivity contribution is -0.0529. The van der Waals surface area contributed by atoms with Crippen molar-refractivity contribution in [3.63, 3.8) is 0 Å². The number of fused-ring (bicyclic) bond motifs is 4. The van der Waals surface area contributed by atoms with E-state index in [1.165, 1.54) is 18.5 Å². The molecule has 0 radical (unpaired) electrons. The van der Waals surface area contributed by atoms with Crippen molar-refractivity contribution < 1.29 is 27.4 Å². The predicted molar refractivity (Wildman–Crippen MR) is 128 cm³/mol. The topological polar surface area (TPSA) is 76.3 Å². The summed E-state index contributed by atoms with van der Waals surface area (Å²) in [6, 6.07) is 3.92. The highest BCUT2D eigenvalue weighted by atomic mass is 35.5. The molecule has 194 valence electrons. The van der Waals surface area contributed by atoms with Gasteiger partial charge in [-0.3, -0.25) is 4.90 Å². The molecule has 0 unspecified atom stereocenters. The predicted octanol–water partition coefficient (Wildman–Crippen LogP) is 5.25. The third-order valence-corrected chi connectivity index (χ3v) is 6.52. The summed E-state index contributed by atoms with van der Waals surface area (Å²) in [6.07, 6.45) is 2.94. The molecule has 0 fully saturated rings. The average Bonchev–Trinajstić information content (AvgIpc) is 3.13. The highest BCUT2D eigenvalue weighted by Crippen LogP contribution is 2.38. The standard InChI is InChI=1S/C25H22ClF4N5O2/c1-25(2,36)23-31-7-13(8-32-23)12-4-17(27)21-19(5-12)35-10-15-14(9-34(3)11-20(35)33-21)16(26)6-18(28)22(15)37-24(29)30/h4-8,24,36H,9-11H2,1-3H3. The van der Waals surface area contributed by atoms with Crippen LogP contribution in [0.1, 0.15) is 36.6 Å². The van der Waals surface area contributed by atoms with Gasteiger partial charge in [-0.1, -0.05) is 11.6 Å². The van der Waals surface area contributed by atoms with Crippen LogP contribution in [0.4, 0.5) is 17.6 Å². The van der Waals surface area contributed by atoms with Gasteiger partial charge in [-0.05, 0) is 50.2 Å². The fourth-order valence-electron chi connectivity index (χ4n) is 4.46. The fraction of sp³-hybridized carbons (Fsp3) is 0.320. The number of benzene rings is 2. The summed E-state index contributed by atoms with van der Waals surface area (Å²) in [4.78, 5) is 14.6. The molecule has 0 aliphatic carbocycles. The molecule has 1 aliphatic heterocycles. The Bertz CT molecular complexity index is 1480. The first kappa shape index (κ1) is 25.4. The second kappa shape index (κ2) is 9.23. The minimum absolute atomic E-state index is 0.0726.